The summed E-state index contributed by atoms with van der Waals surface area (Å²) in [5.74, 6) is 1.13. The highest BCUT2D eigenvalue weighted by molar-refractivity contribution is 5.76. The van der Waals surface area contributed by atoms with Crippen molar-refractivity contribution in [3.63, 3.8) is 0 Å². The van der Waals surface area contributed by atoms with Crippen LogP contribution in [0, 0.1) is 6.92 Å². The van der Waals surface area contributed by atoms with Gasteiger partial charge in [-0.25, -0.2) is 4.79 Å². The van der Waals surface area contributed by atoms with E-state index in [1.54, 1.807) is 11.9 Å². The molecule has 0 aliphatic carbocycles. The van der Waals surface area contributed by atoms with Gasteiger partial charge in [-0.15, -0.1) is 0 Å². The van der Waals surface area contributed by atoms with Gasteiger partial charge >= 0.3 is 12.0 Å². The van der Waals surface area contributed by atoms with Gasteiger partial charge in [0.2, 0.25) is 0 Å². The molecule has 0 saturated carbocycles. The third-order valence-corrected chi connectivity index (χ3v) is 4.28. The number of carbonyl (C=O) groups excluding carboxylic acids is 2. The first-order valence-electron chi connectivity index (χ1n) is 8.48. The molecule has 1 unspecified atom stereocenters. The van der Waals surface area contributed by atoms with Crippen molar-refractivity contribution in [1.29, 1.82) is 0 Å². The van der Waals surface area contributed by atoms with Crippen molar-refractivity contribution in [2.24, 2.45) is 0 Å². The lowest BCUT2D eigenvalue weighted by Gasteiger charge is -2.34. The summed E-state index contributed by atoms with van der Waals surface area (Å²) in [6.45, 7) is 3.76. The summed E-state index contributed by atoms with van der Waals surface area (Å²) in [5.41, 5.74) is 2.98. The molecule has 136 valence electrons. The molecule has 2 aromatic rings. The van der Waals surface area contributed by atoms with Gasteiger partial charge < -0.3 is 19.7 Å². The predicted octanol–water partition coefficient (Wildman–Crippen LogP) is 3.39. The first-order valence-corrected chi connectivity index (χ1v) is 8.48. The number of esters is 1. The smallest absolute Gasteiger partial charge is 0.318 e. The molecule has 6 nitrogen and oxygen atoms in total. The van der Waals surface area contributed by atoms with Gasteiger partial charge in [0.25, 0.3) is 0 Å². The number of fused-ring (bicyclic) bond motifs is 2. The molecule has 1 aliphatic rings. The Kier molecular flexibility index (Phi) is 5.11. The standard InChI is InChI=1S/C20H22N2O4/c1-13-8-9-18-16(12-13)19(15-6-4-5-7-17(15)26-18)22(3)20(24)21-10-11-25-14(2)23/h4-9,12,19H,10-11H2,1-3H3,(H,21,24). The van der Waals surface area contributed by atoms with Crippen LogP contribution in [0.15, 0.2) is 42.5 Å². The average Bonchev–Trinajstić information content (AvgIpc) is 2.62. The maximum Gasteiger partial charge on any atom is 0.318 e. The minimum Gasteiger partial charge on any atom is -0.464 e. The molecule has 1 aliphatic heterocycles. The van der Waals surface area contributed by atoms with E-state index < -0.39 is 0 Å². The van der Waals surface area contributed by atoms with Gasteiger partial charge in [-0.1, -0.05) is 29.8 Å². The van der Waals surface area contributed by atoms with Crippen LogP contribution in [-0.2, 0) is 9.53 Å². The number of benzene rings is 2. The van der Waals surface area contributed by atoms with E-state index in [1.165, 1.54) is 6.92 Å². The maximum absolute atomic E-state index is 12.6. The maximum atomic E-state index is 12.6. The Morgan fingerprint density at radius 1 is 1.15 bits per heavy atom. The van der Waals surface area contributed by atoms with Crippen molar-refractivity contribution in [2.75, 3.05) is 20.2 Å². The molecule has 1 heterocycles. The number of urea groups is 1. The number of nitrogens with zero attached hydrogens (tertiary/aromatic N) is 1. The topological polar surface area (TPSA) is 67.9 Å². The second-order valence-electron chi connectivity index (χ2n) is 6.27. The Labute approximate surface area is 152 Å². The molecular formula is C20H22N2O4. The van der Waals surface area contributed by atoms with E-state index in [-0.39, 0.29) is 31.2 Å². The molecule has 3 rings (SSSR count). The first kappa shape index (κ1) is 17.8. The number of ether oxygens (including phenoxy) is 2. The second kappa shape index (κ2) is 7.47. The van der Waals surface area contributed by atoms with E-state index in [1.807, 2.05) is 49.4 Å². The summed E-state index contributed by atoms with van der Waals surface area (Å²) < 4.78 is 10.9. The molecule has 0 saturated heterocycles. The molecule has 1 N–H and O–H groups in total. The molecular weight excluding hydrogens is 332 g/mol. The number of carbonyl (C=O) groups is 2. The zero-order chi connectivity index (χ0) is 18.7. The molecule has 26 heavy (non-hydrogen) atoms. The van der Waals surface area contributed by atoms with Crippen LogP contribution in [0.1, 0.15) is 29.7 Å². The minimum absolute atomic E-state index is 0.148. The number of nitrogens with one attached hydrogen (secondary N) is 1. The summed E-state index contributed by atoms with van der Waals surface area (Å²) in [6, 6.07) is 13.2. The highest BCUT2D eigenvalue weighted by Gasteiger charge is 2.32. The van der Waals surface area contributed by atoms with Gasteiger partial charge in [-0.2, -0.15) is 0 Å². The highest BCUT2D eigenvalue weighted by Crippen LogP contribution is 2.45. The molecule has 0 aromatic heterocycles. The molecule has 0 radical (unpaired) electrons. The van der Waals surface area contributed by atoms with E-state index in [2.05, 4.69) is 5.32 Å². The lowest BCUT2D eigenvalue weighted by molar-refractivity contribution is -0.140. The lowest BCUT2D eigenvalue weighted by atomic mass is 9.92. The quantitative estimate of drug-likeness (QED) is 0.675. The second-order valence-corrected chi connectivity index (χ2v) is 6.27. The van der Waals surface area contributed by atoms with Crippen molar-refractivity contribution in [1.82, 2.24) is 10.2 Å². The molecule has 2 aromatic carbocycles. The van der Waals surface area contributed by atoms with Crippen LogP contribution in [0.25, 0.3) is 0 Å². The molecule has 0 spiro atoms. The van der Waals surface area contributed by atoms with E-state index in [0.717, 1.165) is 28.2 Å². The van der Waals surface area contributed by atoms with Crippen molar-refractivity contribution >= 4 is 12.0 Å². The normalized spacial score (nSPS) is 14.5. The average molecular weight is 354 g/mol. The van der Waals surface area contributed by atoms with Gasteiger partial charge in [0.05, 0.1) is 12.6 Å². The third kappa shape index (κ3) is 3.64. The number of rotatable bonds is 4. The SMILES string of the molecule is CC(=O)OCCNC(=O)N(C)C1c2ccccc2Oc2ccc(C)cc21. The summed E-state index contributed by atoms with van der Waals surface area (Å²) >= 11 is 0. The zero-order valence-electron chi connectivity index (χ0n) is 15.1. The van der Waals surface area contributed by atoms with Crippen LogP contribution in [0.5, 0.6) is 11.5 Å². The Balaban J connectivity index is 1.85. The van der Waals surface area contributed by atoms with Crippen LogP contribution in [0.3, 0.4) is 0 Å². The summed E-state index contributed by atoms with van der Waals surface area (Å²) in [4.78, 5) is 25.1. The predicted molar refractivity (Wildman–Crippen MR) is 97.3 cm³/mol. The highest BCUT2D eigenvalue weighted by atomic mass is 16.5. The van der Waals surface area contributed by atoms with E-state index in [0.29, 0.717) is 0 Å². The Hall–Kier alpha value is -3.02. The number of hydrogen-bond donors (Lipinski definition) is 1. The van der Waals surface area contributed by atoms with Gasteiger partial charge in [-0.05, 0) is 25.1 Å². The fourth-order valence-electron chi connectivity index (χ4n) is 3.07. The van der Waals surface area contributed by atoms with Gasteiger partial charge in [0.1, 0.15) is 18.1 Å². The molecule has 1 atom stereocenters. The van der Waals surface area contributed by atoms with Crippen molar-refractivity contribution in [3.8, 4) is 11.5 Å². The fourth-order valence-corrected chi connectivity index (χ4v) is 3.07. The Morgan fingerprint density at radius 3 is 2.65 bits per heavy atom. The number of amides is 2. The van der Waals surface area contributed by atoms with Crippen LogP contribution in [-0.4, -0.2) is 37.1 Å². The summed E-state index contributed by atoms with van der Waals surface area (Å²) in [6.07, 6.45) is 0. The van der Waals surface area contributed by atoms with Crippen molar-refractivity contribution in [2.45, 2.75) is 19.9 Å². The number of aryl methyl sites for hydroxylation is 1. The number of para-hydroxylation sites is 1. The summed E-state index contributed by atoms with van der Waals surface area (Å²) in [5, 5.41) is 2.78. The third-order valence-electron chi connectivity index (χ3n) is 4.28. The van der Waals surface area contributed by atoms with Crippen LogP contribution < -0.4 is 10.1 Å². The van der Waals surface area contributed by atoms with E-state index >= 15 is 0 Å². The zero-order valence-corrected chi connectivity index (χ0v) is 15.1. The largest absolute Gasteiger partial charge is 0.464 e. The van der Waals surface area contributed by atoms with Gasteiger partial charge in [0, 0.05) is 25.1 Å². The van der Waals surface area contributed by atoms with Crippen LogP contribution in [0.2, 0.25) is 0 Å². The molecule has 0 bridgehead atoms. The summed E-state index contributed by atoms with van der Waals surface area (Å²) in [7, 11) is 1.75. The fraction of sp³-hybridized carbons (Fsp3) is 0.300. The Morgan fingerprint density at radius 2 is 1.88 bits per heavy atom. The van der Waals surface area contributed by atoms with Crippen molar-refractivity contribution < 1.29 is 19.1 Å². The van der Waals surface area contributed by atoms with E-state index in [4.69, 9.17) is 9.47 Å². The number of hydrogen-bond acceptors (Lipinski definition) is 4. The minimum atomic E-state index is -0.365. The van der Waals surface area contributed by atoms with Gasteiger partial charge in [-0.3, -0.25) is 4.79 Å². The molecule has 0 fully saturated rings. The first-order chi connectivity index (χ1) is 12.5. The Bertz CT molecular complexity index is 834. The monoisotopic (exact) mass is 354 g/mol. The van der Waals surface area contributed by atoms with Crippen LogP contribution >= 0.6 is 0 Å². The van der Waals surface area contributed by atoms with Crippen LogP contribution in [0.4, 0.5) is 4.79 Å². The van der Waals surface area contributed by atoms with Crippen molar-refractivity contribution in [3.05, 3.63) is 59.2 Å². The van der Waals surface area contributed by atoms with Gasteiger partial charge in [0.15, 0.2) is 0 Å². The molecule has 6 heteroatoms. The van der Waals surface area contributed by atoms with E-state index in [9.17, 15) is 9.59 Å². The lowest BCUT2D eigenvalue weighted by Crippen LogP contribution is -2.42. The molecule has 2 amide bonds.